The zero-order chi connectivity index (χ0) is 12.8. The van der Waals surface area contributed by atoms with Gasteiger partial charge in [0.2, 0.25) is 5.88 Å². The van der Waals surface area contributed by atoms with Gasteiger partial charge < -0.3 is 9.64 Å². The summed E-state index contributed by atoms with van der Waals surface area (Å²) in [4.78, 5) is 10.8. The smallest absolute Gasteiger partial charge is 0.217 e. The van der Waals surface area contributed by atoms with E-state index in [0.29, 0.717) is 18.4 Å². The van der Waals surface area contributed by atoms with Gasteiger partial charge in [-0.1, -0.05) is 13.8 Å². The van der Waals surface area contributed by atoms with E-state index in [1.807, 2.05) is 6.07 Å². The second-order valence-electron chi connectivity index (χ2n) is 4.55. The zero-order valence-corrected chi connectivity index (χ0v) is 12.5. The van der Waals surface area contributed by atoms with Gasteiger partial charge in [0.1, 0.15) is 10.4 Å². The third-order valence-electron chi connectivity index (χ3n) is 2.20. The minimum atomic E-state index is 0.302. The number of hydrogen-bond donors (Lipinski definition) is 0. The van der Waals surface area contributed by atoms with E-state index in [4.69, 9.17) is 4.74 Å². The molecule has 0 aliphatic rings. The van der Waals surface area contributed by atoms with Crippen LogP contribution in [0.4, 0.5) is 0 Å². The fourth-order valence-electron chi connectivity index (χ4n) is 1.30. The minimum absolute atomic E-state index is 0.302. The third-order valence-corrected chi connectivity index (χ3v) is 2.61. The zero-order valence-electron chi connectivity index (χ0n) is 10.9. The highest BCUT2D eigenvalue weighted by atomic mass is 79.9. The molecular formula is C12H20BrN3O. The number of ether oxygens (including phenoxy) is 1. The second kappa shape index (κ2) is 6.91. The summed E-state index contributed by atoms with van der Waals surface area (Å²) in [5.41, 5.74) is 0. The van der Waals surface area contributed by atoms with Crippen molar-refractivity contribution in [3.8, 4) is 5.88 Å². The average Bonchev–Trinajstić information content (AvgIpc) is 2.23. The maximum absolute atomic E-state index is 5.62. The SMILES string of the molecule is CC(C)c1nc(Br)cc(OCCCN(C)C)n1. The molecule has 4 nitrogen and oxygen atoms in total. The van der Waals surface area contributed by atoms with Crippen molar-refractivity contribution in [3.05, 3.63) is 16.5 Å². The van der Waals surface area contributed by atoms with Crippen LogP contribution in [0.1, 0.15) is 32.0 Å². The molecule has 0 aliphatic heterocycles. The highest BCUT2D eigenvalue weighted by molar-refractivity contribution is 9.10. The Labute approximate surface area is 112 Å². The van der Waals surface area contributed by atoms with Gasteiger partial charge >= 0.3 is 0 Å². The lowest BCUT2D eigenvalue weighted by Crippen LogP contribution is -2.16. The molecule has 0 atom stereocenters. The molecule has 0 N–H and O–H groups in total. The van der Waals surface area contributed by atoms with Crippen LogP contribution in [0, 0.1) is 0 Å². The number of rotatable bonds is 6. The Morgan fingerprint density at radius 1 is 1.35 bits per heavy atom. The standard InChI is InChI=1S/C12H20BrN3O/c1-9(2)12-14-10(13)8-11(15-12)17-7-5-6-16(3)4/h8-9H,5-7H2,1-4H3. The van der Waals surface area contributed by atoms with Crippen molar-refractivity contribution in [2.24, 2.45) is 0 Å². The van der Waals surface area contributed by atoms with E-state index in [1.165, 1.54) is 0 Å². The van der Waals surface area contributed by atoms with E-state index in [2.05, 4.69) is 58.7 Å². The minimum Gasteiger partial charge on any atom is -0.478 e. The first-order chi connectivity index (χ1) is 7.99. The molecule has 0 amide bonds. The molecule has 1 heterocycles. The normalized spacial score (nSPS) is 11.2. The molecule has 0 fully saturated rings. The van der Waals surface area contributed by atoms with Crippen molar-refractivity contribution in [1.29, 1.82) is 0 Å². The van der Waals surface area contributed by atoms with Crippen LogP contribution in [-0.2, 0) is 0 Å². The van der Waals surface area contributed by atoms with E-state index >= 15 is 0 Å². The molecule has 1 aromatic rings. The molecule has 0 saturated heterocycles. The van der Waals surface area contributed by atoms with E-state index < -0.39 is 0 Å². The molecule has 0 aromatic carbocycles. The average molecular weight is 302 g/mol. The van der Waals surface area contributed by atoms with Crippen molar-refractivity contribution in [2.45, 2.75) is 26.2 Å². The highest BCUT2D eigenvalue weighted by Crippen LogP contribution is 2.18. The second-order valence-corrected chi connectivity index (χ2v) is 5.36. The molecular weight excluding hydrogens is 282 g/mol. The Balaban J connectivity index is 2.53. The van der Waals surface area contributed by atoms with Gasteiger partial charge in [-0.15, -0.1) is 0 Å². The molecule has 1 aromatic heterocycles. The molecule has 0 spiro atoms. The predicted octanol–water partition coefficient (Wildman–Crippen LogP) is 2.69. The quantitative estimate of drug-likeness (QED) is 0.598. The summed E-state index contributed by atoms with van der Waals surface area (Å²) >= 11 is 3.37. The van der Waals surface area contributed by atoms with Gasteiger partial charge in [-0.3, -0.25) is 0 Å². The molecule has 17 heavy (non-hydrogen) atoms. The summed E-state index contributed by atoms with van der Waals surface area (Å²) in [5, 5.41) is 0. The summed E-state index contributed by atoms with van der Waals surface area (Å²) in [6.07, 6.45) is 0.992. The number of nitrogens with zero attached hydrogens (tertiary/aromatic N) is 3. The van der Waals surface area contributed by atoms with Crippen LogP contribution >= 0.6 is 15.9 Å². The molecule has 0 unspecified atom stereocenters. The summed E-state index contributed by atoms with van der Waals surface area (Å²) in [6, 6.07) is 1.81. The van der Waals surface area contributed by atoms with Crippen molar-refractivity contribution in [2.75, 3.05) is 27.2 Å². The van der Waals surface area contributed by atoms with Gasteiger partial charge in [-0.2, -0.15) is 4.98 Å². The molecule has 0 saturated carbocycles. The fourth-order valence-corrected chi connectivity index (χ4v) is 1.68. The molecule has 96 valence electrons. The highest BCUT2D eigenvalue weighted by Gasteiger charge is 2.07. The van der Waals surface area contributed by atoms with Crippen LogP contribution in [0.2, 0.25) is 0 Å². The lowest BCUT2D eigenvalue weighted by Gasteiger charge is -2.11. The van der Waals surface area contributed by atoms with E-state index in [0.717, 1.165) is 23.4 Å². The van der Waals surface area contributed by atoms with Gasteiger partial charge in [0, 0.05) is 18.5 Å². The summed E-state index contributed by atoms with van der Waals surface area (Å²) in [6.45, 7) is 5.83. The van der Waals surface area contributed by atoms with Gasteiger partial charge in [-0.05, 0) is 36.4 Å². The van der Waals surface area contributed by atoms with Crippen LogP contribution in [-0.4, -0.2) is 42.1 Å². The Hall–Kier alpha value is -0.680. The first-order valence-electron chi connectivity index (χ1n) is 5.81. The first-order valence-corrected chi connectivity index (χ1v) is 6.60. The van der Waals surface area contributed by atoms with Crippen molar-refractivity contribution in [3.63, 3.8) is 0 Å². The Morgan fingerprint density at radius 3 is 2.65 bits per heavy atom. The van der Waals surface area contributed by atoms with Crippen LogP contribution in [0.3, 0.4) is 0 Å². The predicted molar refractivity (Wildman–Crippen MR) is 72.5 cm³/mol. The van der Waals surface area contributed by atoms with Crippen LogP contribution in [0.25, 0.3) is 0 Å². The largest absolute Gasteiger partial charge is 0.478 e. The first kappa shape index (κ1) is 14.4. The van der Waals surface area contributed by atoms with Gasteiger partial charge in [-0.25, -0.2) is 4.98 Å². The number of hydrogen-bond acceptors (Lipinski definition) is 4. The maximum Gasteiger partial charge on any atom is 0.217 e. The van der Waals surface area contributed by atoms with Crippen molar-refractivity contribution < 1.29 is 4.74 Å². The third kappa shape index (κ3) is 5.46. The molecule has 5 heteroatoms. The monoisotopic (exact) mass is 301 g/mol. The molecule has 0 bridgehead atoms. The van der Waals surface area contributed by atoms with Gasteiger partial charge in [0.05, 0.1) is 6.61 Å². The summed E-state index contributed by atoms with van der Waals surface area (Å²) in [5.74, 6) is 1.76. The van der Waals surface area contributed by atoms with Gasteiger partial charge in [0.25, 0.3) is 0 Å². The van der Waals surface area contributed by atoms with Crippen LogP contribution in [0.5, 0.6) is 5.88 Å². The van der Waals surface area contributed by atoms with E-state index in [-0.39, 0.29) is 0 Å². The maximum atomic E-state index is 5.62. The van der Waals surface area contributed by atoms with Crippen LogP contribution < -0.4 is 4.74 Å². The Kier molecular flexibility index (Phi) is 5.85. The van der Waals surface area contributed by atoms with Crippen LogP contribution in [0.15, 0.2) is 10.7 Å². The lowest BCUT2D eigenvalue weighted by atomic mass is 10.2. The van der Waals surface area contributed by atoms with Gasteiger partial charge in [0.15, 0.2) is 0 Å². The van der Waals surface area contributed by atoms with Crippen molar-refractivity contribution >= 4 is 15.9 Å². The lowest BCUT2D eigenvalue weighted by molar-refractivity contribution is 0.271. The van der Waals surface area contributed by atoms with E-state index in [9.17, 15) is 0 Å². The fraction of sp³-hybridized carbons (Fsp3) is 0.667. The molecule has 0 aliphatic carbocycles. The summed E-state index contributed by atoms with van der Waals surface area (Å²) < 4.78 is 6.40. The summed E-state index contributed by atoms with van der Waals surface area (Å²) in [7, 11) is 4.11. The molecule has 1 rings (SSSR count). The number of halogens is 1. The molecule has 0 radical (unpaired) electrons. The van der Waals surface area contributed by atoms with Crippen molar-refractivity contribution in [1.82, 2.24) is 14.9 Å². The Morgan fingerprint density at radius 2 is 2.06 bits per heavy atom. The number of aromatic nitrogens is 2. The van der Waals surface area contributed by atoms with E-state index in [1.54, 1.807) is 0 Å². The Bertz CT molecular complexity index is 356. The topological polar surface area (TPSA) is 38.2 Å².